The highest BCUT2D eigenvalue weighted by atomic mass is 32.2. The van der Waals surface area contributed by atoms with Gasteiger partial charge in [0.05, 0.1) is 5.56 Å². The zero-order valence-corrected chi connectivity index (χ0v) is 10.6. The number of esters is 1. The van der Waals surface area contributed by atoms with Crippen LogP contribution in [-0.2, 0) is 21.2 Å². The quantitative estimate of drug-likeness (QED) is 0.428. The molecule has 0 atom stereocenters. The van der Waals surface area contributed by atoms with Crippen molar-refractivity contribution >= 4 is 23.9 Å². The van der Waals surface area contributed by atoms with Gasteiger partial charge < -0.3 is 9.84 Å². The first-order valence-corrected chi connectivity index (χ1v) is 6.88. The molecule has 1 aromatic rings. The van der Waals surface area contributed by atoms with Gasteiger partial charge in [0.25, 0.3) is 10.1 Å². The number of phenolic OH excluding ortho intramolecular Hbond substituents is 1. The molecule has 0 fully saturated rings. The molecule has 6 nitrogen and oxygen atoms in total. The predicted molar refractivity (Wildman–Crippen MR) is 67.1 cm³/mol. The lowest BCUT2D eigenvalue weighted by molar-refractivity contribution is 0.0528. The second-order valence-electron chi connectivity index (χ2n) is 3.62. The maximum atomic E-state index is 11.5. The Hall–Kier alpha value is -1.54. The summed E-state index contributed by atoms with van der Waals surface area (Å²) in [5, 5.41) is 9.55. The fourth-order valence-corrected chi connectivity index (χ4v) is 1.61. The van der Waals surface area contributed by atoms with Crippen LogP contribution in [-0.4, -0.2) is 44.3 Å². The topological polar surface area (TPSA) is 101 Å². The van der Waals surface area contributed by atoms with Gasteiger partial charge >= 0.3 is 5.97 Å². The first kappa shape index (κ1) is 14.5. The number of phenols is 1. The average molecular weight is 272 g/mol. The molecule has 0 aliphatic carbocycles. The Kier molecular flexibility index (Phi) is 4.74. The van der Waals surface area contributed by atoms with Gasteiger partial charge in [0.1, 0.15) is 26.0 Å². The van der Waals surface area contributed by atoms with Crippen LogP contribution in [0.15, 0.2) is 18.2 Å². The van der Waals surface area contributed by atoms with E-state index in [9.17, 15) is 18.3 Å². The van der Waals surface area contributed by atoms with Crippen molar-refractivity contribution in [1.82, 2.24) is 0 Å². The standard InChI is InChI=1S/C10H13BO6S/c11-6-8-2-1-7(5-9(8)12)10(13)17-3-4-18(14,15)16/h1-2,5,12H,3-4,6,11H2,(H,14,15,16). The van der Waals surface area contributed by atoms with Crippen molar-refractivity contribution in [3.63, 3.8) is 0 Å². The first-order valence-electron chi connectivity index (χ1n) is 5.27. The fourth-order valence-electron chi connectivity index (χ4n) is 1.31. The number of carbonyl (C=O) groups excluding carboxylic acids is 1. The van der Waals surface area contributed by atoms with Gasteiger partial charge in [-0.2, -0.15) is 8.42 Å². The van der Waals surface area contributed by atoms with Gasteiger partial charge in [-0.15, -0.1) is 0 Å². The monoisotopic (exact) mass is 272 g/mol. The maximum Gasteiger partial charge on any atom is 0.338 e. The molecule has 0 spiro atoms. The molecule has 0 aliphatic rings. The van der Waals surface area contributed by atoms with Crippen LogP contribution in [0, 0.1) is 0 Å². The molecule has 0 radical (unpaired) electrons. The molecule has 1 rings (SSSR count). The smallest absolute Gasteiger partial charge is 0.338 e. The van der Waals surface area contributed by atoms with E-state index in [-0.39, 0.29) is 11.3 Å². The van der Waals surface area contributed by atoms with Gasteiger partial charge in [-0.3, -0.25) is 4.55 Å². The Bertz CT molecular complexity index is 539. The summed E-state index contributed by atoms with van der Waals surface area (Å²) >= 11 is 0. The molecule has 18 heavy (non-hydrogen) atoms. The van der Waals surface area contributed by atoms with Crippen LogP contribution in [0.4, 0.5) is 0 Å². The second kappa shape index (κ2) is 5.88. The third-order valence-electron chi connectivity index (χ3n) is 2.28. The summed E-state index contributed by atoms with van der Waals surface area (Å²) in [5.74, 6) is -1.42. The normalized spacial score (nSPS) is 11.2. The van der Waals surface area contributed by atoms with Crippen molar-refractivity contribution in [2.24, 2.45) is 0 Å². The Morgan fingerprint density at radius 1 is 1.39 bits per heavy atom. The average Bonchev–Trinajstić information content (AvgIpc) is 2.27. The molecule has 0 saturated carbocycles. The summed E-state index contributed by atoms with van der Waals surface area (Å²) in [7, 11) is -2.29. The van der Waals surface area contributed by atoms with Gasteiger partial charge in [-0.25, -0.2) is 4.79 Å². The summed E-state index contributed by atoms with van der Waals surface area (Å²) < 4.78 is 33.9. The highest BCUT2D eigenvalue weighted by molar-refractivity contribution is 7.85. The third kappa shape index (κ3) is 4.38. The van der Waals surface area contributed by atoms with Crippen molar-refractivity contribution in [3.8, 4) is 5.75 Å². The molecule has 0 amide bonds. The van der Waals surface area contributed by atoms with Crippen molar-refractivity contribution in [2.75, 3.05) is 12.4 Å². The van der Waals surface area contributed by atoms with Crippen LogP contribution in [0.1, 0.15) is 15.9 Å². The molecule has 0 aromatic heterocycles. The second-order valence-corrected chi connectivity index (χ2v) is 5.19. The molecule has 0 heterocycles. The zero-order chi connectivity index (χ0) is 13.8. The molecule has 0 aliphatic heterocycles. The van der Waals surface area contributed by atoms with Crippen molar-refractivity contribution in [2.45, 2.75) is 6.32 Å². The van der Waals surface area contributed by atoms with E-state index in [1.807, 2.05) is 7.85 Å². The number of ether oxygens (including phenoxy) is 1. The molecule has 1 aromatic carbocycles. The lowest BCUT2D eigenvalue weighted by Crippen LogP contribution is -2.14. The van der Waals surface area contributed by atoms with Gasteiger partial charge in [-0.1, -0.05) is 12.4 Å². The summed E-state index contributed by atoms with van der Waals surface area (Å²) in [6.07, 6.45) is 0.629. The van der Waals surface area contributed by atoms with Crippen LogP contribution in [0.2, 0.25) is 0 Å². The minimum Gasteiger partial charge on any atom is -0.508 e. The van der Waals surface area contributed by atoms with E-state index in [4.69, 9.17) is 4.55 Å². The number of carbonyl (C=O) groups is 1. The highest BCUT2D eigenvalue weighted by Gasteiger charge is 2.12. The molecule has 0 bridgehead atoms. The van der Waals surface area contributed by atoms with E-state index < -0.39 is 28.4 Å². The van der Waals surface area contributed by atoms with Gasteiger partial charge in [0.15, 0.2) is 0 Å². The van der Waals surface area contributed by atoms with Crippen molar-refractivity contribution in [1.29, 1.82) is 0 Å². The van der Waals surface area contributed by atoms with Crippen molar-refractivity contribution in [3.05, 3.63) is 29.3 Å². The lowest BCUT2D eigenvalue weighted by atomic mass is 9.95. The molecule has 8 heteroatoms. The van der Waals surface area contributed by atoms with Gasteiger partial charge in [0, 0.05) is 0 Å². The predicted octanol–water partition coefficient (Wildman–Crippen LogP) is -0.430. The summed E-state index contributed by atoms with van der Waals surface area (Å²) in [6.45, 7) is -0.437. The largest absolute Gasteiger partial charge is 0.508 e. The Morgan fingerprint density at radius 2 is 2.06 bits per heavy atom. The van der Waals surface area contributed by atoms with Crippen LogP contribution in [0.25, 0.3) is 0 Å². The SMILES string of the molecule is BCc1ccc(C(=O)OCCS(=O)(=O)O)cc1O. The van der Waals surface area contributed by atoms with Crippen LogP contribution in [0.3, 0.4) is 0 Å². The number of rotatable bonds is 5. The van der Waals surface area contributed by atoms with Gasteiger partial charge in [0.2, 0.25) is 0 Å². The molecule has 0 unspecified atom stereocenters. The van der Waals surface area contributed by atoms with E-state index >= 15 is 0 Å². The van der Waals surface area contributed by atoms with E-state index in [1.54, 1.807) is 6.07 Å². The summed E-state index contributed by atoms with van der Waals surface area (Å²) in [5.41, 5.74) is 0.824. The van der Waals surface area contributed by atoms with Crippen LogP contribution >= 0.6 is 0 Å². The van der Waals surface area contributed by atoms with Crippen LogP contribution in [0.5, 0.6) is 5.75 Å². The summed E-state index contributed by atoms with van der Waals surface area (Å²) in [4.78, 5) is 11.5. The molecule has 2 N–H and O–H groups in total. The molecule has 0 saturated heterocycles. The highest BCUT2D eigenvalue weighted by Crippen LogP contribution is 2.19. The zero-order valence-electron chi connectivity index (χ0n) is 9.79. The fraction of sp³-hybridized carbons (Fsp3) is 0.300. The molecule has 98 valence electrons. The van der Waals surface area contributed by atoms with Crippen molar-refractivity contribution < 1.29 is 27.6 Å². The lowest BCUT2D eigenvalue weighted by Gasteiger charge is -2.06. The number of hydrogen-bond acceptors (Lipinski definition) is 5. The number of hydrogen-bond donors (Lipinski definition) is 2. The minimum absolute atomic E-state index is 0.0123. The molecular weight excluding hydrogens is 259 g/mol. The van der Waals surface area contributed by atoms with E-state index in [1.165, 1.54) is 12.1 Å². The van der Waals surface area contributed by atoms with E-state index in [0.717, 1.165) is 0 Å². The minimum atomic E-state index is -4.15. The Morgan fingerprint density at radius 3 is 2.56 bits per heavy atom. The molecular formula is C10H13BO6S. The maximum absolute atomic E-state index is 11.5. The van der Waals surface area contributed by atoms with Crippen LogP contribution < -0.4 is 0 Å². The summed E-state index contributed by atoms with van der Waals surface area (Å²) in [6, 6.07) is 4.33. The third-order valence-corrected chi connectivity index (χ3v) is 2.96. The Labute approximate surface area is 106 Å². The number of aromatic hydroxyl groups is 1. The Balaban J connectivity index is 2.65. The first-order chi connectivity index (χ1) is 8.33. The van der Waals surface area contributed by atoms with E-state index in [2.05, 4.69) is 4.74 Å². The van der Waals surface area contributed by atoms with Gasteiger partial charge in [-0.05, 0) is 17.7 Å². The van der Waals surface area contributed by atoms with E-state index in [0.29, 0.717) is 11.9 Å². The number of benzene rings is 1.